The predicted octanol–water partition coefficient (Wildman–Crippen LogP) is 4.41. The Morgan fingerprint density at radius 2 is 1.36 bits per heavy atom. The van der Waals surface area contributed by atoms with Gasteiger partial charge in [-0.3, -0.25) is 9.59 Å². The normalized spacial score (nSPS) is 14.0. The summed E-state index contributed by atoms with van der Waals surface area (Å²) in [5.74, 6) is -2.16. The lowest BCUT2D eigenvalue weighted by Crippen LogP contribution is -2.61. The molecule has 2 rings (SSSR count). The summed E-state index contributed by atoms with van der Waals surface area (Å²) in [5.41, 5.74) is -1.59. The molecule has 0 aliphatic carbocycles. The highest BCUT2D eigenvalue weighted by atomic mass is 16.6. The molecule has 0 aliphatic heterocycles. The van der Waals surface area contributed by atoms with Gasteiger partial charge in [0.15, 0.2) is 0 Å². The minimum Gasteiger partial charge on any atom is -0.508 e. The van der Waals surface area contributed by atoms with Gasteiger partial charge in [0, 0.05) is 12.0 Å². The molecule has 0 radical (unpaired) electrons. The Bertz CT molecular complexity index is 1300. The van der Waals surface area contributed by atoms with Gasteiger partial charge in [-0.2, -0.15) is 0 Å². The lowest BCUT2D eigenvalue weighted by atomic mass is 9.91. The molecule has 0 saturated carbocycles. The van der Waals surface area contributed by atoms with E-state index in [0.717, 1.165) is 5.56 Å². The third kappa shape index (κ3) is 11.4. The molecule has 0 saturated heterocycles. The summed E-state index contributed by atoms with van der Waals surface area (Å²) >= 11 is 0. The number of rotatable bonds is 12. The average Bonchev–Trinajstić information content (AvgIpc) is 2.93. The molecule has 0 spiro atoms. The number of hydrogen-bond acceptors (Lipinski definition) is 8. The lowest BCUT2D eigenvalue weighted by Gasteiger charge is -2.44. The number of hydrogen-bond donors (Lipinski definition) is 4. The third-order valence-corrected chi connectivity index (χ3v) is 6.93. The first kappa shape index (κ1) is 37.1. The van der Waals surface area contributed by atoms with Gasteiger partial charge in [0.1, 0.15) is 35.1 Å². The van der Waals surface area contributed by atoms with E-state index in [1.54, 1.807) is 55.4 Å². The van der Waals surface area contributed by atoms with Gasteiger partial charge >= 0.3 is 12.1 Å². The van der Waals surface area contributed by atoms with Crippen molar-refractivity contribution < 1.29 is 38.9 Å². The Morgan fingerprint density at radius 3 is 1.84 bits per heavy atom. The van der Waals surface area contributed by atoms with Crippen LogP contribution in [0.25, 0.3) is 0 Å². The maximum absolute atomic E-state index is 14.4. The van der Waals surface area contributed by atoms with Crippen molar-refractivity contribution in [2.24, 2.45) is 0 Å². The summed E-state index contributed by atoms with van der Waals surface area (Å²) in [7, 11) is 0. The molecule has 2 aromatic rings. The van der Waals surface area contributed by atoms with Gasteiger partial charge in [-0.25, -0.2) is 9.59 Å². The standard InChI is InChI=1S/C34H49N3O8/c1-10-34(8,9)37(29(41)26(21-38)36-31(43)45-33(5,6)7)27(23-16-18-24(39)19-17-23)28(40)35-25(30(42)44-32(2,3)4)20-22-14-12-11-13-15-22/h11-19,25-27,38-39H,10,20-21H2,1-9H3,(H,35,40)(H,36,43). The number of carbonyl (C=O) groups excluding carboxylic acids is 4. The van der Waals surface area contributed by atoms with Gasteiger partial charge in [0.25, 0.3) is 0 Å². The van der Waals surface area contributed by atoms with Crippen molar-refractivity contribution in [1.29, 1.82) is 0 Å². The monoisotopic (exact) mass is 627 g/mol. The zero-order valence-corrected chi connectivity index (χ0v) is 27.8. The van der Waals surface area contributed by atoms with Crippen LogP contribution in [0.3, 0.4) is 0 Å². The molecule has 0 bridgehead atoms. The number of benzene rings is 2. The summed E-state index contributed by atoms with van der Waals surface area (Å²) in [4.78, 5) is 55.9. The van der Waals surface area contributed by atoms with Crippen LogP contribution >= 0.6 is 0 Å². The van der Waals surface area contributed by atoms with Crippen molar-refractivity contribution in [1.82, 2.24) is 15.5 Å². The van der Waals surface area contributed by atoms with E-state index in [1.165, 1.54) is 29.2 Å². The average molecular weight is 628 g/mol. The summed E-state index contributed by atoms with van der Waals surface area (Å²) in [6.45, 7) is 14.7. The molecular weight excluding hydrogens is 578 g/mol. The fraction of sp³-hybridized carbons (Fsp3) is 0.529. The van der Waals surface area contributed by atoms with Crippen LogP contribution in [-0.2, 0) is 30.3 Å². The van der Waals surface area contributed by atoms with Crippen molar-refractivity contribution in [3.8, 4) is 5.75 Å². The summed E-state index contributed by atoms with van der Waals surface area (Å²) < 4.78 is 11.0. The maximum atomic E-state index is 14.4. The number of nitrogens with zero attached hydrogens (tertiary/aromatic N) is 1. The number of carbonyl (C=O) groups is 4. The van der Waals surface area contributed by atoms with Crippen LogP contribution in [0.1, 0.15) is 85.9 Å². The summed E-state index contributed by atoms with van der Waals surface area (Å²) in [5, 5.41) is 25.5. The Kier molecular flexibility index (Phi) is 12.6. The number of phenols is 1. The molecule has 3 unspecified atom stereocenters. The van der Waals surface area contributed by atoms with Gasteiger partial charge in [0.05, 0.1) is 6.61 Å². The largest absolute Gasteiger partial charge is 0.508 e. The van der Waals surface area contributed by atoms with E-state index in [9.17, 15) is 29.4 Å². The molecule has 11 heteroatoms. The molecule has 11 nitrogen and oxygen atoms in total. The van der Waals surface area contributed by atoms with Gasteiger partial charge in [-0.05, 0) is 85.1 Å². The highest BCUT2D eigenvalue weighted by Gasteiger charge is 2.44. The topological polar surface area (TPSA) is 154 Å². The van der Waals surface area contributed by atoms with E-state index in [2.05, 4.69) is 10.6 Å². The molecule has 0 aliphatic rings. The first-order valence-corrected chi connectivity index (χ1v) is 15.1. The first-order chi connectivity index (χ1) is 20.8. The Hall–Kier alpha value is -4.12. The van der Waals surface area contributed by atoms with E-state index in [1.807, 2.05) is 37.3 Å². The lowest BCUT2D eigenvalue weighted by molar-refractivity contribution is -0.159. The van der Waals surface area contributed by atoms with E-state index in [4.69, 9.17) is 9.47 Å². The maximum Gasteiger partial charge on any atom is 0.408 e. The van der Waals surface area contributed by atoms with Crippen LogP contribution < -0.4 is 10.6 Å². The van der Waals surface area contributed by atoms with E-state index in [-0.39, 0.29) is 12.2 Å². The molecule has 45 heavy (non-hydrogen) atoms. The minimum absolute atomic E-state index is 0.0546. The fourth-order valence-corrected chi connectivity index (χ4v) is 4.49. The summed E-state index contributed by atoms with van der Waals surface area (Å²) in [6.07, 6.45) is -0.415. The van der Waals surface area contributed by atoms with Gasteiger partial charge in [0.2, 0.25) is 11.8 Å². The molecule has 248 valence electrons. The van der Waals surface area contributed by atoms with Crippen LogP contribution in [0.15, 0.2) is 54.6 Å². The van der Waals surface area contributed by atoms with Crippen LogP contribution in [0.5, 0.6) is 5.75 Å². The van der Waals surface area contributed by atoms with Crippen LogP contribution in [0, 0.1) is 0 Å². The van der Waals surface area contributed by atoms with Crippen LogP contribution in [0.2, 0.25) is 0 Å². The smallest absolute Gasteiger partial charge is 0.408 e. The highest BCUT2D eigenvalue weighted by Crippen LogP contribution is 2.33. The third-order valence-electron chi connectivity index (χ3n) is 6.93. The molecule has 0 fully saturated rings. The Labute approximate surface area is 266 Å². The number of ether oxygens (including phenoxy) is 2. The molecule has 0 heterocycles. The molecule has 4 N–H and O–H groups in total. The van der Waals surface area contributed by atoms with Crippen LogP contribution in [-0.4, -0.2) is 74.4 Å². The van der Waals surface area contributed by atoms with E-state index in [0.29, 0.717) is 12.0 Å². The number of aliphatic hydroxyl groups is 1. The second-order valence-corrected chi connectivity index (χ2v) is 13.5. The number of amides is 3. The zero-order chi connectivity index (χ0) is 34.2. The predicted molar refractivity (Wildman–Crippen MR) is 170 cm³/mol. The number of esters is 1. The number of aromatic hydroxyl groups is 1. The highest BCUT2D eigenvalue weighted by molar-refractivity contribution is 5.94. The number of nitrogens with one attached hydrogen (secondary N) is 2. The Morgan fingerprint density at radius 1 is 0.800 bits per heavy atom. The van der Waals surface area contributed by atoms with Crippen molar-refractivity contribution in [3.05, 3.63) is 65.7 Å². The van der Waals surface area contributed by atoms with E-state index < -0.39 is 65.4 Å². The molecule has 3 atom stereocenters. The zero-order valence-electron chi connectivity index (χ0n) is 27.8. The molecule has 3 amide bonds. The second-order valence-electron chi connectivity index (χ2n) is 13.5. The molecular formula is C34H49N3O8. The van der Waals surface area contributed by atoms with Crippen molar-refractivity contribution >= 4 is 23.9 Å². The van der Waals surface area contributed by atoms with E-state index >= 15 is 0 Å². The molecule has 2 aromatic carbocycles. The van der Waals surface area contributed by atoms with Gasteiger partial charge in [-0.1, -0.05) is 49.4 Å². The quantitative estimate of drug-likeness (QED) is 0.253. The van der Waals surface area contributed by atoms with Crippen molar-refractivity contribution in [2.75, 3.05) is 6.61 Å². The van der Waals surface area contributed by atoms with Crippen molar-refractivity contribution in [2.45, 2.75) is 110 Å². The minimum atomic E-state index is -1.45. The fourth-order valence-electron chi connectivity index (χ4n) is 4.49. The number of alkyl carbamates (subject to hydrolysis) is 1. The number of phenolic OH excluding ortho intramolecular Hbond substituents is 1. The number of aliphatic hydroxyl groups excluding tert-OH is 1. The van der Waals surface area contributed by atoms with Gasteiger partial charge < -0.3 is 35.2 Å². The van der Waals surface area contributed by atoms with Crippen LogP contribution in [0.4, 0.5) is 4.79 Å². The molecule has 0 aromatic heterocycles. The second kappa shape index (κ2) is 15.2. The SMILES string of the molecule is CCC(C)(C)N(C(=O)C(CO)NC(=O)OC(C)(C)C)C(C(=O)NC(Cc1ccccc1)C(=O)OC(C)(C)C)c1ccc(O)cc1. The first-order valence-electron chi connectivity index (χ1n) is 15.1. The van der Waals surface area contributed by atoms with Crippen molar-refractivity contribution in [3.63, 3.8) is 0 Å². The summed E-state index contributed by atoms with van der Waals surface area (Å²) in [6, 6.07) is 11.0. The Balaban J connectivity index is 2.63. The van der Waals surface area contributed by atoms with Gasteiger partial charge in [-0.15, -0.1) is 0 Å².